The largest absolute Gasteiger partial charge is 0.496 e. The van der Waals surface area contributed by atoms with Gasteiger partial charge in [-0.25, -0.2) is 4.39 Å². The van der Waals surface area contributed by atoms with Crippen molar-refractivity contribution in [2.24, 2.45) is 0 Å². The number of aryl methyl sites for hydroxylation is 1. The van der Waals surface area contributed by atoms with Gasteiger partial charge in [-0.3, -0.25) is 15.0 Å². The lowest BCUT2D eigenvalue weighted by molar-refractivity contribution is -0.119. The predicted molar refractivity (Wildman–Crippen MR) is 185 cm³/mol. The Kier molecular flexibility index (Phi) is 21.2. The van der Waals surface area contributed by atoms with Crippen molar-refractivity contribution in [2.45, 2.75) is 106 Å². The van der Waals surface area contributed by atoms with Crippen LogP contribution < -0.4 is 4.74 Å². The van der Waals surface area contributed by atoms with Crippen molar-refractivity contribution in [1.29, 1.82) is 5.41 Å². The zero-order chi connectivity index (χ0) is 35.3. The fourth-order valence-electron chi connectivity index (χ4n) is 4.44. The summed E-state index contributed by atoms with van der Waals surface area (Å²) in [5.74, 6) is -0.221. The molecule has 0 unspecified atom stereocenters. The van der Waals surface area contributed by atoms with E-state index >= 15 is 0 Å². The zero-order valence-corrected chi connectivity index (χ0v) is 30.0. The summed E-state index contributed by atoms with van der Waals surface area (Å²) in [6.45, 7) is 17.9. The third-order valence-corrected chi connectivity index (χ3v) is 6.85. The van der Waals surface area contributed by atoms with Gasteiger partial charge in [0.05, 0.1) is 26.9 Å². The van der Waals surface area contributed by atoms with Crippen LogP contribution in [0.5, 0.6) is 5.75 Å². The lowest BCUT2D eigenvalue weighted by atomic mass is 9.83. The first kappa shape index (κ1) is 42.5. The molecule has 0 spiro atoms. The summed E-state index contributed by atoms with van der Waals surface area (Å²) in [6, 6.07) is 3.65. The second-order valence-electron chi connectivity index (χ2n) is 12.0. The number of nitrogens with one attached hydrogen (secondary N) is 1. The maximum atomic E-state index is 14.9. The number of nitrogens with zero attached hydrogens (tertiary/aromatic N) is 1. The molecule has 0 bridgehead atoms. The molecule has 9 heteroatoms. The molecule has 0 aliphatic carbocycles. The number of unbranched alkanes of at least 4 members (excludes halogenated alkanes) is 5. The van der Waals surface area contributed by atoms with Crippen molar-refractivity contribution in [1.82, 2.24) is 4.90 Å². The second kappa shape index (κ2) is 23.0. The molecule has 46 heavy (non-hydrogen) atoms. The van der Waals surface area contributed by atoms with Crippen molar-refractivity contribution >= 4 is 17.4 Å². The van der Waals surface area contributed by atoms with E-state index in [1.165, 1.54) is 50.3 Å². The SMILES string of the molecule is CC(=O)CO.CCCCCCCC.CCOC1=C(OCC)/C(F)=C/C(=N)N(CC(=O)c2cc(C)c(OC)c(C(C)(C)C)c2)C\C=C\1. The molecule has 2 N–H and O–H groups in total. The van der Waals surface area contributed by atoms with Crippen molar-refractivity contribution in [3.8, 4) is 5.75 Å². The third-order valence-electron chi connectivity index (χ3n) is 6.85. The standard InChI is InChI=1S/C26H35FN2O4.C8H18.C3H6O2/c1-8-32-22-11-10-12-29(23(28)15-20(27)25(22)33-9-2)16-21(30)18-13-17(3)24(31-7)19(14-18)26(4,5)6;1-3-5-7-8-6-4-2;1-3(5)2-4/h10-11,13-15,28H,8-9,12,16H2,1-7H3;3-8H2,1-2H3;4H,2H2,1H3/b11-10+,20-15-,25-22-,28-23?;;. The van der Waals surface area contributed by atoms with E-state index < -0.39 is 5.83 Å². The van der Waals surface area contributed by atoms with Gasteiger partial charge in [0.25, 0.3) is 0 Å². The Bertz CT molecular complexity index is 1190. The first-order valence-electron chi connectivity index (χ1n) is 16.4. The van der Waals surface area contributed by atoms with Gasteiger partial charge < -0.3 is 24.2 Å². The number of rotatable bonds is 14. The summed E-state index contributed by atoms with van der Waals surface area (Å²) >= 11 is 0. The summed E-state index contributed by atoms with van der Waals surface area (Å²) in [6.07, 6.45) is 12.9. The van der Waals surface area contributed by atoms with Gasteiger partial charge in [0, 0.05) is 23.7 Å². The number of aliphatic hydroxyl groups is 1. The highest BCUT2D eigenvalue weighted by Gasteiger charge is 2.24. The van der Waals surface area contributed by atoms with Crippen molar-refractivity contribution < 1.29 is 33.3 Å². The molecule has 0 saturated carbocycles. The van der Waals surface area contributed by atoms with Gasteiger partial charge in [0.15, 0.2) is 28.9 Å². The Morgan fingerprint density at radius 3 is 2.02 bits per heavy atom. The van der Waals surface area contributed by atoms with E-state index in [0.717, 1.165) is 23.0 Å². The number of allylic oxidation sites excluding steroid dienone is 2. The Morgan fingerprint density at radius 1 is 1.00 bits per heavy atom. The van der Waals surface area contributed by atoms with Gasteiger partial charge in [-0.05, 0) is 56.9 Å². The Morgan fingerprint density at radius 2 is 1.57 bits per heavy atom. The number of Topliss-reactive ketones (excluding diaryl/α,β-unsaturated/α-hetero) is 2. The van der Waals surface area contributed by atoms with Gasteiger partial charge in [-0.1, -0.05) is 79.2 Å². The smallest absolute Gasteiger partial charge is 0.197 e. The first-order valence-corrected chi connectivity index (χ1v) is 16.4. The lowest BCUT2D eigenvalue weighted by Gasteiger charge is -2.25. The van der Waals surface area contributed by atoms with Gasteiger partial charge in [0.2, 0.25) is 0 Å². The summed E-state index contributed by atoms with van der Waals surface area (Å²) in [5, 5.41) is 16.2. The molecule has 1 aliphatic heterocycles. The number of carbonyl (C=O) groups excluding carboxylic acids is 2. The van der Waals surface area contributed by atoms with Crippen molar-refractivity contribution in [3.05, 3.63) is 64.4 Å². The number of hydrogen-bond acceptors (Lipinski definition) is 7. The number of ketones is 2. The van der Waals surface area contributed by atoms with Crippen LogP contribution in [0.15, 0.2) is 47.7 Å². The summed E-state index contributed by atoms with van der Waals surface area (Å²) in [5.41, 5.74) is 2.11. The molecule has 0 saturated heterocycles. The maximum Gasteiger partial charge on any atom is 0.197 e. The number of ether oxygens (including phenoxy) is 3. The van der Waals surface area contributed by atoms with E-state index in [1.807, 2.05) is 13.0 Å². The molecule has 2 rings (SSSR count). The van der Waals surface area contributed by atoms with Gasteiger partial charge in [0.1, 0.15) is 18.2 Å². The van der Waals surface area contributed by atoms with E-state index in [2.05, 4.69) is 34.6 Å². The number of methoxy groups -OCH3 is 1. The molecule has 1 aromatic rings. The molecule has 1 aliphatic rings. The van der Waals surface area contributed by atoms with E-state index in [0.29, 0.717) is 12.2 Å². The van der Waals surface area contributed by atoms with E-state index in [1.54, 1.807) is 39.2 Å². The number of carbonyl (C=O) groups is 2. The number of aliphatic hydroxyl groups excluding tert-OH is 1. The first-order chi connectivity index (χ1) is 21.7. The fourth-order valence-corrected chi connectivity index (χ4v) is 4.44. The highest BCUT2D eigenvalue weighted by molar-refractivity contribution is 6.02. The van der Waals surface area contributed by atoms with E-state index in [9.17, 15) is 14.0 Å². The summed E-state index contributed by atoms with van der Waals surface area (Å²) in [7, 11) is 1.62. The van der Waals surface area contributed by atoms with Crippen LogP contribution in [0.25, 0.3) is 0 Å². The summed E-state index contributed by atoms with van der Waals surface area (Å²) < 4.78 is 31.5. The Balaban J connectivity index is 0.00000130. The number of amidine groups is 1. The minimum atomic E-state index is -0.718. The molecule has 0 atom stereocenters. The molecule has 8 nitrogen and oxygen atoms in total. The van der Waals surface area contributed by atoms with Crippen LogP contribution in [0.1, 0.15) is 115 Å². The number of benzene rings is 1. The minimum Gasteiger partial charge on any atom is -0.496 e. The molecule has 1 heterocycles. The van der Waals surface area contributed by atoms with Crippen LogP contribution in [0, 0.1) is 12.3 Å². The summed E-state index contributed by atoms with van der Waals surface area (Å²) in [4.78, 5) is 24.3. The molecule has 260 valence electrons. The normalized spacial score (nSPS) is 16.7. The van der Waals surface area contributed by atoms with Crippen molar-refractivity contribution in [3.63, 3.8) is 0 Å². The Labute approximate surface area is 277 Å². The molecule has 1 aromatic carbocycles. The van der Waals surface area contributed by atoms with Crippen LogP contribution in [0.2, 0.25) is 0 Å². The van der Waals surface area contributed by atoms with Crippen LogP contribution in [0.4, 0.5) is 4.39 Å². The second-order valence-corrected chi connectivity index (χ2v) is 12.0. The molecule has 0 aromatic heterocycles. The van der Waals surface area contributed by atoms with Crippen LogP contribution in [-0.2, 0) is 19.7 Å². The van der Waals surface area contributed by atoms with Gasteiger partial charge in [-0.2, -0.15) is 0 Å². The zero-order valence-electron chi connectivity index (χ0n) is 30.0. The quantitative estimate of drug-likeness (QED) is 0.154. The molecule has 0 amide bonds. The average molecular weight is 647 g/mol. The minimum absolute atomic E-state index is 0.0471. The maximum absolute atomic E-state index is 14.9. The average Bonchev–Trinajstić information content (AvgIpc) is 3.04. The number of halogens is 1. The van der Waals surface area contributed by atoms with Crippen LogP contribution in [0.3, 0.4) is 0 Å². The molecular formula is C37H59FN2O6. The van der Waals surface area contributed by atoms with E-state index in [4.69, 9.17) is 24.7 Å². The highest BCUT2D eigenvalue weighted by Crippen LogP contribution is 2.35. The lowest BCUT2D eigenvalue weighted by Crippen LogP contribution is -2.34. The fraction of sp³-hybridized carbons (Fsp3) is 0.595. The molecular weight excluding hydrogens is 587 g/mol. The topological polar surface area (TPSA) is 109 Å². The van der Waals surface area contributed by atoms with Gasteiger partial charge in [-0.15, -0.1) is 0 Å². The molecule has 0 fully saturated rings. The van der Waals surface area contributed by atoms with Crippen molar-refractivity contribution in [2.75, 3.05) is 40.0 Å². The monoisotopic (exact) mass is 646 g/mol. The predicted octanol–water partition coefficient (Wildman–Crippen LogP) is 8.41. The van der Waals surface area contributed by atoms with E-state index in [-0.39, 0.29) is 60.6 Å². The third kappa shape index (κ3) is 15.7. The number of hydrogen-bond donors (Lipinski definition) is 2. The van der Waals surface area contributed by atoms with Crippen LogP contribution in [-0.4, -0.2) is 67.4 Å². The van der Waals surface area contributed by atoms with Crippen LogP contribution >= 0.6 is 0 Å². The highest BCUT2D eigenvalue weighted by atomic mass is 19.1. The molecule has 0 radical (unpaired) electrons. The van der Waals surface area contributed by atoms with Gasteiger partial charge >= 0.3 is 0 Å². The Hall–Kier alpha value is -3.46.